The van der Waals surface area contributed by atoms with Crippen LogP contribution in [0.1, 0.15) is 11.1 Å². The van der Waals surface area contributed by atoms with E-state index in [1.54, 1.807) is 0 Å². The second kappa shape index (κ2) is 7.44. The third-order valence-corrected chi connectivity index (χ3v) is 9.04. The predicted octanol–water partition coefficient (Wildman–Crippen LogP) is 1.04. The average molecular weight is 533 g/mol. The Morgan fingerprint density at radius 2 is 0.725 bits per heavy atom. The molecule has 1 aliphatic carbocycles. The molecule has 6 aliphatic heterocycles. The van der Waals surface area contributed by atoms with Crippen molar-refractivity contribution < 1.29 is 10.2 Å². The zero-order chi connectivity index (χ0) is 26.6. The van der Waals surface area contributed by atoms with Gasteiger partial charge in [-0.15, -0.1) is 0 Å². The molecule has 0 saturated heterocycles. The van der Waals surface area contributed by atoms with E-state index in [9.17, 15) is 10.2 Å². The number of fused-ring (bicyclic) bond motifs is 10. The van der Waals surface area contributed by atoms with E-state index >= 15 is 0 Å². The van der Waals surface area contributed by atoms with Crippen LogP contribution in [0.25, 0.3) is 0 Å². The van der Waals surface area contributed by atoms with E-state index < -0.39 is 11.2 Å². The summed E-state index contributed by atoms with van der Waals surface area (Å²) >= 11 is 0. The first-order chi connectivity index (χ1) is 19.6. The largest absolute Gasteiger partial charge is 0.373 e. The van der Waals surface area contributed by atoms with Crippen LogP contribution in [-0.2, 0) is 11.2 Å². The van der Waals surface area contributed by atoms with Crippen molar-refractivity contribution in [3.05, 3.63) is 144 Å². The normalized spacial score (nSPS) is 35.5. The molecule has 10 nitrogen and oxygen atoms in total. The summed E-state index contributed by atoms with van der Waals surface area (Å²) in [5.74, 6) is 0. The molecule has 2 aromatic rings. The number of hydrogen-bond acceptors (Lipinski definition) is 10. The highest BCUT2D eigenvalue weighted by molar-refractivity contribution is 5.61. The van der Waals surface area contributed by atoms with E-state index in [1.807, 2.05) is 110 Å². The van der Waals surface area contributed by atoms with Gasteiger partial charge in [0.05, 0.1) is 22.8 Å². The molecular weight excluding hydrogens is 504 g/mol. The maximum Gasteiger partial charge on any atom is 0.174 e. The van der Waals surface area contributed by atoms with E-state index in [4.69, 9.17) is 0 Å². The SMILES string of the molecule is OC1(c2ccccc2)C2=C(N3C=CNC3C3NC=CN23)C(O)(c2ccccc2)C2=C1N1C=CNC1C1NC=CN21. The monoisotopic (exact) mass is 532 g/mol. The molecule has 0 aromatic heterocycles. The summed E-state index contributed by atoms with van der Waals surface area (Å²) in [6.45, 7) is 0. The van der Waals surface area contributed by atoms with Crippen molar-refractivity contribution in [2.75, 3.05) is 0 Å². The third kappa shape index (κ3) is 2.42. The molecule has 0 radical (unpaired) electrons. The summed E-state index contributed by atoms with van der Waals surface area (Å²) in [5.41, 5.74) is 0.598. The molecule has 4 atom stereocenters. The molecule has 0 saturated carbocycles. The van der Waals surface area contributed by atoms with Gasteiger partial charge in [-0.1, -0.05) is 60.7 Å². The summed E-state index contributed by atoms with van der Waals surface area (Å²) in [6.07, 6.45) is 14.6. The molecule has 0 spiro atoms. The van der Waals surface area contributed by atoms with E-state index in [-0.39, 0.29) is 24.7 Å². The Hall–Kier alpha value is -4.80. The zero-order valence-corrected chi connectivity index (χ0v) is 21.4. The topological polar surface area (TPSA) is 102 Å². The summed E-state index contributed by atoms with van der Waals surface area (Å²) < 4.78 is 0. The standard InChI is InChI=1S/C30H28N8O2/c39-29(19-7-3-1-4-8-19)21-23(37-17-13-33-27(37)25-31-11-15-35(21)25)30(40,20-9-5-2-6-10-20)24-22(29)36-16-12-32-26(36)28-34-14-18-38(24)28/h1-18,25-28,31-34,39-40H. The lowest BCUT2D eigenvalue weighted by Gasteiger charge is -2.60. The first-order valence-electron chi connectivity index (χ1n) is 13.5. The van der Waals surface area contributed by atoms with E-state index in [2.05, 4.69) is 40.9 Å². The Bertz CT molecular complexity index is 1400. The maximum atomic E-state index is 13.5. The molecule has 0 amide bonds. The van der Waals surface area contributed by atoms with E-state index in [0.717, 1.165) is 0 Å². The minimum absolute atomic E-state index is 0.209. The average Bonchev–Trinajstić information content (AvgIpc) is 3.80. The minimum atomic E-state index is -1.63. The molecule has 10 heteroatoms. The minimum Gasteiger partial charge on any atom is -0.373 e. The fraction of sp³-hybridized carbons (Fsp3) is 0.200. The molecule has 200 valence electrons. The second-order valence-electron chi connectivity index (χ2n) is 10.9. The Balaban J connectivity index is 1.46. The van der Waals surface area contributed by atoms with Crippen LogP contribution >= 0.6 is 0 Å². The summed E-state index contributed by atoms with van der Waals surface area (Å²) in [6, 6.07) is 19.5. The van der Waals surface area contributed by atoms with Gasteiger partial charge >= 0.3 is 0 Å². The first-order valence-corrected chi connectivity index (χ1v) is 13.5. The maximum absolute atomic E-state index is 13.5. The first kappa shape index (κ1) is 22.1. The van der Waals surface area contributed by atoms with Crippen molar-refractivity contribution >= 4 is 0 Å². The van der Waals surface area contributed by atoms with Crippen LogP contribution in [0.4, 0.5) is 0 Å². The van der Waals surface area contributed by atoms with Gasteiger partial charge in [0, 0.05) is 49.6 Å². The summed E-state index contributed by atoms with van der Waals surface area (Å²) in [7, 11) is 0. The van der Waals surface area contributed by atoms with Gasteiger partial charge in [0.15, 0.2) is 11.2 Å². The molecule has 6 heterocycles. The highest BCUT2D eigenvalue weighted by Crippen LogP contribution is 2.60. The highest BCUT2D eigenvalue weighted by atomic mass is 16.3. The lowest BCUT2D eigenvalue weighted by molar-refractivity contribution is -0.0545. The van der Waals surface area contributed by atoms with Crippen molar-refractivity contribution in [2.45, 2.75) is 35.9 Å². The number of aliphatic hydroxyl groups is 2. The molecule has 9 rings (SSSR count). The molecule has 6 N–H and O–H groups in total. The van der Waals surface area contributed by atoms with Gasteiger partial charge in [-0.3, -0.25) is 0 Å². The van der Waals surface area contributed by atoms with Crippen LogP contribution in [0.5, 0.6) is 0 Å². The summed E-state index contributed by atoms with van der Waals surface area (Å²) in [4.78, 5) is 8.31. The van der Waals surface area contributed by atoms with Gasteiger partial charge in [0.1, 0.15) is 24.7 Å². The van der Waals surface area contributed by atoms with Crippen molar-refractivity contribution in [3.63, 3.8) is 0 Å². The van der Waals surface area contributed by atoms with Gasteiger partial charge in [-0.25, -0.2) is 0 Å². The fourth-order valence-corrected chi connectivity index (χ4v) is 7.46. The molecular formula is C30H28N8O2. The Labute approximate surface area is 231 Å². The number of rotatable bonds is 2. The Kier molecular flexibility index (Phi) is 4.10. The number of nitrogens with zero attached hydrogens (tertiary/aromatic N) is 4. The fourth-order valence-electron chi connectivity index (χ4n) is 7.46. The van der Waals surface area contributed by atoms with E-state index in [1.165, 1.54) is 0 Å². The van der Waals surface area contributed by atoms with Gasteiger partial charge in [0.2, 0.25) is 0 Å². The van der Waals surface area contributed by atoms with Crippen molar-refractivity contribution in [3.8, 4) is 0 Å². The van der Waals surface area contributed by atoms with Crippen LogP contribution in [0.2, 0.25) is 0 Å². The molecule has 40 heavy (non-hydrogen) atoms. The van der Waals surface area contributed by atoms with Crippen molar-refractivity contribution in [1.29, 1.82) is 0 Å². The number of hydrogen-bond donors (Lipinski definition) is 6. The number of benzene rings is 2. The smallest absolute Gasteiger partial charge is 0.174 e. The van der Waals surface area contributed by atoms with E-state index in [0.29, 0.717) is 33.9 Å². The Morgan fingerprint density at radius 3 is 1.00 bits per heavy atom. The lowest BCUT2D eigenvalue weighted by atomic mass is 9.69. The van der Waals surface area contributed by atoms with Crippen LogP contribution in [0.3, 0.4) is 0 Å². The van der Waals surface area contributed by atoms with Crippen LogP contribution < -0.4 is 21.3 Å². The molecule has 2 aromatic carbocycles. The van der Waals surface area contributed by atoms with Crippen molar-refractivity contribution in [1.82, 2.24) is 40.9 Å². The van der Waals surface area contributed by atoms with Crippen LogP contribution in [0, 0.1) is 0 Å². The predicted molar refractivity (Wildman–Crippen MR) is 146 cm³/mol. The van der Waals surface area contributed by atoms with Crippen LogP contribution in [0.15, 0.2) is 133 Å². The highest BCUT2D eigenvalue weighted by Gasteiger charge is 2.66. The zero-order valence-electron chi connectivity index (χ0n) is 21.4. The van der Waals surface area contributed by atoms with Gasteiger partial charge in [-0.2, -0.15) is 0 Å². The molecule has 4 unspecified atom stereocenters. The third-order valence-electron chi connectivity index (χ3n) is 9.04. The van der Waals surface area contributed by atoms with Crippen LogP contribution in [-0.4, -0.2) is 54.5 Å². The van der Waals surface area contributed by atoms with Gasteiger partial charge in [-0.05, 0) is 11.1 Å². The van der Waals surface area contributed by atoms with Gasteiger partial charge in [0.25, 0.3) is 0 Å². The molecule has 0 bridgehead atoms. The molecule has 7 aliphatic rings. The summed E-state index contributed by atoms with van der Waals surface area (Å²) in [5, 5.41) is 40.8. The lowest BCUT2D eigenvalue weighted by Crippen LogP contribution is -2.70. The van der Waals surface area contributed by atoms with Gasteiger partial charge < -0.3 is 51.1 Å². The Morgan fingerprint density at radius 1 is 0.450 bits per heavy atom. The second-order valence-corrected chi connectivity index (χ2v) is 10.9. The van der Waals surface area contributed by atoms with Crippen molar-refractivity contribution in [2.24, 2.45) is 0 Å². The number of nitrogens with one attached hydrogen (secondary N) is 4. The molecule has 0 fully saturated rings. The quantitative estimate of drug-likeness (QED) is 0.337.